The Hall–Kier alpha value is -2.02. The summed E-state index contributed by atoms with van der Waals surface area (Å²) in [4.78, 5) is 16.3. The van der Waals surface area contributed by atoms with Crippen LogP contribution in [0, 0.1) is 18.6 Å². The third kappa shape index (κ3) is 4.00. The third-order valence-corrected chi connectivity index (χ3v) is 4.28. The highest BCUT2D eigenvalue weighted by atomic mass is 32.1. The Kier molecular flexibility index (Phi) is 5.07. The molecule has 0 radical (unpaired) electrons. The Bertz CT molecular complexity index is 675. The smallest absolute Gasteiger partial charge is 0.315 e. The zero-order valence-electron chi connectivity index (χ0n) is 12.5. The first-order valence-electron chi connectivity index (χ1n) is 6.81. The van der Waals surface area contributed by atoms with Crippen LogP contribution in [-0.2, 0) is 0 Å². The highest BCUT2D eigenvalue weighted by Gasteiger charge is 2.17. The summed E-state index contributed by atoms with van der Waals surface area (Å²) in [7, 11) is 0. The lowest BCUT2D eigenvalue weighted by atomic mass is 10.1. The molecule has 0 saturated heterocycles. The molecule has 22 heavy (non-hydrogen) atoms. The van der Waals surface area contributed by atoms with Crippen molar-refractivity contribution in [1.82, 2.24) is 15.6 Å². The van der Waals surface area contributed by atoms with Crippen molar-refractivity contribution in [3.8, 4) is 0 Å². The maximum atomic E-state index is 13.7. The number of amides is 2. The van der Waals surface area contributed by atoms with Crippen LogP contribution in [0.1, 0.15) is 42.2 Å². The van der Waals surface area contributed by atoms with Gasteiger partial charge >= 0.3 is 6.03 Å². The molecule has 0 unspecified atom stereocenters. The van der Waals surface area contributed by atoms with Crippen molar-refractivity contribution in [2.24, 2.45) is 0 Å². The Labute approximate surface area is 131 Å². The van der Waals surface area contributed by atoms with Gasteiger partial charge in [0.1, 0.15) is 16.6 Å². The van der Waals surface area contributed by atoms with Crippen molar-refractivity contribution >= 4 is 17.4 Å². The molecular weight excluding hydrogens is 308 g/mol. The second-order valence-electron chi connectivity index (χ2n) is 5.05. The van der Waals surface area contributed by atoms with Crippen LogP contribution in [0.25, 0.3) is 0 Å². The minimum absolute atomic E-state index is 0.231. The molecule has 0 aliphatic rings. The van der Waals surface area contributed by atoms with Gasteiger partial charge in [0.05, 0.1) is 12.1 Å². The van der Waals surface area contributed by atoms with Crippen LogP contribution in [0.15, 0.2) is 23.6 Å². The summed E-state index contributed by atoms with van der Waals surface area (Å²) in [5, 5.41) is 8.07. The van der Waals surface area contributed by atoms with Crippen molar-refractivity contribution in [2.45, 2.75) is 32.9 Å². The standard InChI is InChI=1S/C15H17F2N3OS/c1-8-7-22-14(18-8)10(3)20-15(21)19-9(2)12-5-4-11(16)6-13(12)17/h4-7,9-10H,1-3H3,(H2,19,20,21)/t9-,10+/m1/s1. The molecule has 2 atom stereocenters. The van der Waals surface area contributed by atoms with Crippen molar-refractivity contribution in [2.75, 3.05) is 0 Å². The number of aryl methyl sites for hydroxylation is 1. The van der Waals surface area contributed by atoms with Crippen LogP contribution in [0.5, 0.6) is 0 Å². The number of hydrogen-bond donors (Lipinski definition) is 2. The van der Waals surface area contributed by atoms with Crippen molar-refractivity contribution in [3.63, 3.8) is 0 Å². The molecule has 1 aromatic heterocycles. The minimum atomic E-state index is -0.684. The molecule has 1 heterocycles. The molecular formula is C15H17F2N3OS. The van der Waals surface area contributed by atoms with E-state index in [1.54, 1.807) is 6.92 Å². The van der Waals surface area contributed by atoms with Gasteiger partial charge in [-0.05, 0) is 26.8 Å². The molecule has 4 nitrogen and oxygen atoms in total. The number of benzene rings is 1. The first-order valence-corrected chi connectivity index (χ1v) is 7.68. The van der Waals surface area contributed by atoms with Crippen LogP contribution in [0.2, 0.25) is 0 Å². The van der Waals surface area contributed by atoms with E-state index >= 15 is 0 Å². The molecule has 0 bridgehead atoms. The maximum absolute atomic E-state index is 13.7. The first kappa shape index (κ1) is 16.4. The predicted octanol–water partition coefficient (Wildman–Crippen LogP) is 3.85. The minimum Gasteiger partial charge on any atom is -0.332 e. The second-order valence-corrected chi connectivity index (χ2v) is 5.94. The van der Waals surface area contributed by atoms with Crippen molar-refractivity contribution in [1.29, 1.82) is 0 Å². The van der Waals surface area contributed by atoms with Gasteiger partial charge < -0.3 is 10.6 Å². The molecule has 1 aromatic carbocycles. The number of hydrogen-bond acceptors (Lipinski definition) is 3. The number of nitrogens with zero attached hydrogens (tertiary/aromatic N) is 1. The molecule has 118 valence electrons. The Balaban J connectivity index is 1.96. The summed E-state index contributed by atoms with van der Waals surface area (Å²) < 4.78 is 26.6. The van der Waals surface area contributed by atoms with E-state index in [4.69, 9.17) is 0 Å². The molecule has 0 aliphatic carbocycles. The number of urea groups is 1. The highest BCUT2D eigenvalue weighted by Crippen LogP contribution is 2.19. The topological polar surface area (TPSA) is 54.0 Å². The fourth-order valence-electron chi connectivity index (χ4n) is 2.00. The molecule has 0 saturated carbocycles. The summed E-state index contributed by atoms with van der Waals surface area (Å²) in [6, 6.07) is 2.02. The van der Waals surface area contributed by atoms with Crippen LogP contribution < -0.4 is 10.6 Å². The number of aromatic nitrogens is 1. The van der Waals surface area contributed by atoms with Crippen LogP contribution in [-0.4, -0.2) is 11.0 Å². The van der Waals surface area contributed by atoms with E-state index in [1.165, 1.54) is 17.4 Å². The fourth-order valence-corrected chi connectivity index (χ4v) is 2.80. The first-order chi connectivity index (χ1) is 10.4. The number of carbonyl (C=O) groups excluding carboxylic acids is 1. The Morgan fingerprint density at radius 2 is 1.91 bits per heavy atom. The lowest BCUT2D eigenvalue weighted by Crippen LogP contribution is -2.38. The summed E-state index contributed by atoms with van der Waals surface area (Å²) in [5.41, 5.74) is 1.13. The van der Waals surface area contributed by atoms with Gasteiger partial charge in [-0.1, -0.05) is 6.07 Å². The van der Waals surface area contributed by atoms with Gasteiger partial charge in [0.2, 0.25) is 0 Å². The Morgan fingerprint density at radius 1 is 1.23 bits per heavy atom. The monoisotopic (exact) mass is 325 g/mol. The molecule has 2 amide bonds. The molecule has 2 N–H and O–H groups in total. The fraction of sp³-hybridized carbons (Fsp3) is 0.333. The van der Waals surface area contributed by atoms with Crippen LogP contribution in [0.3, 0.4) is 0 Å². The molecule has 0 fully saturated rings. The van der Waals surface area contributed by atoms with Gasteiger partial charge in [-0.3, -0.25) is 0 Å². The van der Waals surface area contributed by atoms with Crippen LogP contribution >= 0.6 is 11.3 Å². The summed E-state index contributed by atoms with van der Waals surface area (Å²) in [6.07, 6.45) is 0. The summed E-state index contributed by atoms with van der Waals surface area (Å²) in [6.45, 7) is 5.33. The number of halogens is 2. The van der Waals surface area contributed by atoms with Gasteiger partial charge in [-0.2, -0.15) is 0 Å². The SMILES string of the molecule is Cc1csc([C@H](C)NC(=O)N[C@H](C)c2ccc(F)cc2F)n1. The number of thiazole rings is 1. The number of nitrogens with one attached hydrogen (secondary N) is 2. The average Bonchev–Trinajstić information content (AvgIpc) is 2.85. The van der Waals surface area contributed by atoms with E-state index in [2.05, 4.69) is 15.6 Å². The molecule has 2 aromatic rings. The van der Waals surface area contributed by atoms with E-state index in [1.807, 2.05) is 19.2 Å². The zero-order valence-corrected chi connectivity index (χ0v) is 13.3. The van der Waals surface area contributed by atoms with E-state index in [-0.39, 0.29) is 11.6 Å². The van der Waals surface area contributed by atoms with Gasteiger partial charge in [0, 0.05) is 22.7 Å². The van der Waals surface area contributed by atoms with Gasteiger partial charge in [-0.15, -0.1) is 11.3 Å². The van der Waals surface area contributed by atoms with E-state index in [0.29, 0.717) is 0 Å². The normalized spacial score (nSPS) is 13.5. The largest absolute Gasteiger partial charge is 0.332 e. The molecule has 7 heteroatoms. The lowest BCUT2D eigenvalue weighted by molar-refractivity contribution is 0.234. The van der Waals surface area contributed by atoms with Gasteiger partial charge in [0.15, 0.2) is 0 Å². The quantitative estimate of drug-likeness (QED) is 0.897. The maximum Gasteiger partial charge on any atom is 0.315 e. The van der Waals surface area contributed by atoms with Crippen molar-refractivity contribution < 1.29 is 13.6 Å². The lowest BCUT2D eigenvalue weighted by Gasteiger charge is -2.18. The summed E-state index contributed by atoms with van der Waals surface area (Å²) >= 11 is 1.46. The van der Waals surface area contributed by atoms with Gasteiger partial charge in [0.25, 0.3) is 0 Å². The van der Waals surface area contributed by atoms with E-state index < -0.39 is 23.7 Å². The molecule has 0 spiro atoms. The third-order valence-electron chi connectivity index (χ3n) is 3.13. The highest BCUT2D eigenvalue weighted by molar-refractivity contribution is 7.09. The number of rotatable bonds is 4. The van der Waals surface area contributed by atoms with E-state index in [0.717, 1.165) is 22.8 Å². The number of carbonyl (C=O) groups is 1. The molecule has 0 aliphatic heterocycles. The molecule has 2 rings (SSSR count). The summed E-state index contributed by atoms with van der Waals surface area (Å²) in [5.74, 6) is -1.33. The Morgan fingerprint density at radius 3 is 2.50 bits per heavy atom. The van der Waals surface area contributed by atoms with Gasteiger partial charge in [-0.25, -0.2) is 18.6 Å². The van der Waals surface area contributed by atoms with Crippen LogP contribution in [0.4, 0.5) is 13.6 Å². The van der Waals surface area contributed by atoms with Crippen molar-refractivity contribution in [3.05, 3.63) is 51.5 Å². The average molecular weight is 325 g/mol. The second kappa shape index (κ2) is 6.83. The van der Waals surface area contributed by atoms with E-state index in [9.17, 15) is 13.6 Å². The zero-order chi connectivity index (χ0) is 16.3. The predicted molar refractivity (Wildman–Crippen MR) is 81.7 cm³/mol.